The fourth-order valence-electron chi connectivity index (χ4n) is 1.69. The molecule has 0 fully saturated rings. The fourth-order valence-corrected chi connectivity index (χ4v) is 1.69. The van der Waals surface area contributed by atoms with Gasteiger partial charge in [-0.05, 0) is 13.0 Å². The molecule has 0 atom stereocenters. The topological polar surface area (TPSA) is 78.7 Å². The fraction of sp³-hybridized carbons (Fsp3) is 0.364. The first-order chi connectivity index (χ1) is 8.26. The molecule has 0 aliphatic heterocycles. The van der Waals surface area contributed by atoms with E-state index in [4.69, 9.17) is 5.73 Å². The van der Waals surface area contributed by atoms with E-state index >= 15 is 0 Å². The summed E-state index contributed by atoms with van der Waals surface area (Å²) in [4.78, 5) is 16.1. The predicted molar refractivity (Wildman–Crippen MR) is 63.4 cm³/mol. The number of pyridine rings is 1. The number of aryl methyl sites for hydroxylation is 1. The number of nitrogens with zero attached hydrogens (tertiary/aromatic N) is 4. The lowest BCUT2D eigenvalue weighted by atomic mass is 10.3. The Kier molecular flexibility index (Phi) is 3.34. The van der Waals surface area contributed by atoms with Crippen molar-refractivity contribution in [2.75, 3.05) is 0 Å². The molecule has 0 saturated carbocycles. The van der Waals surface area contributed by atoms with E-state index in [2.05, 4.69) is 10.1 Å². The van der Waals surface area contributed by atoms with E-state index in [0.29, 0.717) is 12.1 Å². The Bertz CT molecular complexity index is 557. The van der Waals surface area contributed by atoms with E-state index in [1.54, 1.807) is 21.5 Å². The van der Waals surface area contributed by atoms with Crippen molar-refractivity contribution < 1.29 is 0 Å². The summed E-state index contributed by atoms with van der Waals surface area (Å²) >= 11 is 0. The minimum atomic E-state index is -0.0688. The van der Waals surface area contributed by atoms with Gasteiger partial charge in [0.25, 0.3) is 5.56 Å². The second kappa shape index (κ2) is 4.92. The van der Waals surface area contributed by atoms with Gasteiger partial charge in [-0.25, -0.2) is 9.67 Å². The molecule has 0 aliphatic carbocycles. The molecule has 17 heavy (non-hydrogen) atoms. The first-order valence-corrected chi connectivity index (χ1v) is 5.51. The number of hydrogen-bond donors (Lipinski definition) is 1. The van der Waals surface area contributed by atoms with Gasteiger partial charge in [-0.1, -0.05) is 6.07 Å². The highest BCUT2D eigenvalue weighted by atomic mass is 16.1. The van der Waals surface area contributed by atoms with Crippen LogP contribution in [0.4, 0.5) is 0 Å². The van der Waals surface area contributed by atoms with Gasteiger partial charge in [0.15, 0.2) is 0 Å². The number of hydrogen-bond acceptors (Lipinski definition) is 4. The van der Waals surface area contributed by atoms with Crippen molar-refractivity contribution in [1.82, 2.24) is 19.3 Å². The first kappa shape index (κ1) is 11.5. The first-order valence-electron chi connectivity index (χ1n) is 5.51. The van der Waals surface area contributed by atoms with Gasteiger partial charge in [0.2, 0.25) is 0 Å². The molecule has 2 aromatic rings. The zero-order chi connectivity index (χ0) is 12.3. The molecule has 90 valence electrons. The molecule has 2 N–H and O–H groups in total. The van der Waals surface area contributed by atoms with Gasteiger partial charge < -0.3 is 10.3 Å². The molecule has 0 aliphatic rings. The van der Waals surface area contributed by atoms with Gasteiger partial charge in [-0.2, -0.15) is 5.10 Å². The predicted octanol–water partition coefficient (Wildman–Crippen LogP) is -0.0333. The van der Waals surface area contributed by atoms with Crippen molar-refractivity contribution >= 4 is 0 Å². The van der Waals surface area contributed by atoms with E-state index in [1.165, 1.54) is 6.33 Å². The average Bonchev–Trinajstić information content (AvgIpc) is 2.79. The third kappa shape index (κ3) is 2.26. The summed E-state index contributed by atoms with van der Waals surface area (Å²) in [5.74, 6) is 0.767. The third-order valence-corrected chi connectivity index (χ3v) is 2.63. The second-order valence-corrected chi connectivity index (χ2v) is 3.66. The summed E-state index contributed by atoms with van der Waals surface area (Å²) in [6.45, 7) is 3.39. The molecule has 0 saturated heterocycles. The Labute approximate surface area is 98.7 Å². The van der Waals surface area contributed by atoms with Gasteiger partial charge in [0.1, 0.15) is 12.2 Å². The van der Waals surface area contributed by atoms with Crippen molar-refractivity contribution in [2.45, 2.75) is 26.6 Å². The average molecular weight is 233 g/mol. The molecule has 0 aromatic carbocycles. The molecule has 2 rings (SSSR count). The van der Waals surface area contributed by atoms with Crippen molar-refractivity contribution in [3.63, 3.8) is 0 Å². The van der Waals surface area contributed by atoms with E-state index in [1.807, 2.05) is 13.0 Å². The van der Waals surface area contributed by atoms with E-state index in [0.717, 1.165) is 12.4 Å². The van der Waals surface area contributed by atoms with Crippen molar-refractivity contribution in [3.8, 4) is 0 Å². The van der Waals surface area contributed by atoms with Gasteiger partial charge in [-0.3, -0.25) is 4.79 Å². The molecule has 0 bridgehead atoms. The third-order valence-electron chi connectivity index (χ3n) is 2.63. The summed E-state index contributed by atoms with van der Waals surface area (Å²) in [5.41, 5.74) is 6.04. The van der Waals surface area contributed by atoms with Crippen LogP contribution in [0.15, 0.2) is 29.5 Å². The van der Waals surface area contributed by atoms with Crippen LogP contribution in [0, 0.1) is 0 Å². The Morgan fingerprint density at radius 2 is 2.29 bits per heavy atom. The van der Waals surface area contributed by atoms with Crippen LogP contribution in [0.1, 0.15) is 18.3 Å². The van der Waals surface area contributed by atoms with Crippen molar-refractivity contribution in [3.05, 3.63) is 46.4 Å². The number of rotatable bonds is 4. The Balaban J connectivity index is 2.34. The SMILES string of the molecule is CCn1ncnc1Cn1cccc(CN)c1=O. The van der Waals surface area contributed by atoms with Crippen molar-refractivity contribution in [1.29, 1.82) is 0 Å². The molecule has 0 spiro atoms. The zero-order valence-electron chi connectivity index (χ0n) is 9.71. The van der Waals surface area contributed by atoms with E-state index < -0.39 is 0 Å². The van der Waals surface area contributed by atoms with Gasteiger partial charge in [0, 0.05) is 24.8 Å². The maximum absolute atomic E-state index is 12.0. The van der Waals surface area contributed by atoms with Crippen molar-refractivity contribution in [2.24, 2.45) is 5.73 Å². The standard InChI is InChI=1S/C11H15N5O/c1-2-16-10(13-8-14-16)7-15-5-3-4-9(6-12)11(15)17/h3-5,8H,2,6-7,12H2,1H3. The summed E-state index contributed by atoms with van der Waals surface area (Å²) in [5, 5.41) is 4.07. The Hall–Kier alpha value is -1.95. The summed E-state index contributed by atoms with van der Waals surface area (Å²) in [6.07, 6.45) is 3.23. The molecule has 2 aromatic heterocycles. The van der Waals surface area contributed by atoms with Crippen LogP contribution < -0.4 is 11.3 Å². The van der Waals surface area contributed by atoms with Crippen LogP contribution in [0.25, 0.3) is 0 Å². The van der Waals surface area contributed by atoms with Gasteiger partial charge in [0.05, 0.1) is 6.54 Å². The highest BCUT2D eigenvalue weighted by Crippen LogP contribution is 1.98. The lowest BCUT2D eigenvalue weighted by Crippen LogP contribution is -2.26. The van der Waals surface area contributed by atoms with Crippen LogP contribution in [-0.2, 0) is 19.6 Å². The summed E-state index contributed by atoms with van der Waals surface area (Å²) in [6, 6.07) is 3.56. The number of aromatic nitrogens is 4. The highest BCUT2D eigenvalue weighted by molar-refractivity contribution is 5.10. The maximum Gasteiger partial charge on any atom is 0.255 e. The summed E-state index contributed by atoms with van der Waals surface area (Å²) in [7, 11) is 0. The maximum atomic E-state index is 12.0. The summed E-state index contributed by atoms with van der Waals surface area (Å²) < 4.78 is 3.36. The minimum Gasteiger partial charge on any atom is -0.326 e. The molecule has 0 amide bonds. The lowest BCUT2D eigenvalue weighted by Gasteiger charge is -2.07. The Morgan fingerprint density at radius 1 is 1.47 bits per heavy atom. The molecule has 6 heteroatoms. The van der Waals surface area contributed by atoms with Gasteiger partial charge >= 0.3 is 0 Å². The van der Waals surface area contributed by atoms with Crippen LogP contribution in [0.5, 0.6) is 0 Å². The van der Waals surface area contributed by atoms with E-state index in [9.17, 15) is 4.79 Å². The molecule has 2 heterocycles. The van der Waals surface area contributed by atoms with Crippen LogP contribution in [-0.4, -0.2) is 19.3 Å². The molecular weight excluding hydrogens is 218 g/mol. The molecular formula is C11H15N5O. The van der Waals surface area contributed by atoms with Crippen LogP contribution in [0.2, 0.25) is 0 Å². The Morgan fingerprint density at radius 3 is 3.00 bits per heavy atom. The largest absolute Gasteiger partial charge is 0.326 e. The minimum absolute atomic E-state index is 0.0688. The smallest absolute Gasteiger partial charge is 0.255 e. The molecule has 6 nitrogen and oxygen atoms in total. The zero-order valence-corrected chi connectivity index (χ0v) is 9.71. The molecule has 0 unspecified atom stereocenters. The van der Waals surface area contributed by atoms with Crippen LogP contribution in [0.3, 0.4) is 0 Å². The van der Waals surface area contributed by atoms with Gasteiger partial charge in [-0.15, -0.1) is 0 Å². The number of nitrogens with two attached hydrogens (primary N) is 1. The van der Waals surface area contributed by atoms with Crippen LogP contribution >= 0.6 is 0 Å². The second-order valence-electron chi connectivity index (χ2n) is 3.66. The lowest BCUT2D eigenvalue weighted by molar-refractivity contribution is 0.584. The molecule has 0 radical (unpaired) electrons. The monoisotopic (exact) mass is 233 g/mol. The highest BCUT2D eigenvalue weighted by Gasteiger charge is 2.06. The normalized spacial score (nSPS) is 10.7. The van der Waals surface area contributed by atoms with E-state index in [-0.39, 0.29) is 12.1 Å². The quantitative estimate of drug-likeness (QED) is 0.804.